The predicted molar refractivity (Wildman–Crippen MR) is 80.4 cm³/mol. The molecule has 0 aliphatic carbocycles. The van der Waals surface area contributed by atoms with Crippen LogP contribution in [0.15, 0.2) is 18.2 Å². The third kappa shape index (κ3) is 4.37. The van der Waals surface area contributed by atoms with Crippen LogP contribution in [0.25, 0.3) is 0 Å². The Morgan fingerprint density at radius 2 is 2.00 bits per heavy atom. The Labute approximate surface area is 124 Å². The molecule has 0 radical (unpaired) electrons. The van der Waals surface area contributed by atoms with Gasteiger partial charge in [-0.3, -0.25) is 4.79 Å². The first kappa shape index (κ1) is 16.3. The molecule has 19 heavy (non-hydrogen) atoms. The van der Waals surface area contributed by atoms with Gasteiger partial charge in [0, 0.05) is 23.1 Å². The SMILES string of the molecule is CCN(Cc1ccc(Cl)cc1Cl)C(=O)[C@@H](N)C(C)C. The van der Waals surface area contributed by atoms with Gasteiger partial charge < -0.3 is 10.6 Å². The minimum Gasteiger partial charge on any atom is -0.337 e. The van der Waals surface area contributed by atoms with Crippen LogP contribution in [0.5, 0.6) is 0 Å². The normalized spacial score (nSPS) is 12.6. The fraction of sp³-hybridized carbons (Fsp3) is 0.500. The van der Waals surface area contributed by atoms with Gasteiger partial charge in [0.2, 0.25) is 5.91 Å². The third-order valence-electron chi connectivity index (χ3n) is 3.07. The highest BCUT2D eigenvalue weighted by molar-refractivity contribution is 6.35. The largest absolute Gasteiger partial charge is 0.337 e. The predicted octanol–water partition coefficient (Wildman–Crippen LogP) is 3.33. The molecule has 106 valence electrons. The van der Waals surface area contributed by atoms with Crippen LogP contribution in [0.3, 0.4) is 0 Å². The number of carbonyl (C=O) groups excluding carboxylic acids is 1. The van der Waals surface area contributed by atoms with E-state index in [2.05, 4.69) is 0 Å². The van der Waals surface area contributed by atoms with Crippen molar-refractivity contribution in [2.24, 2.45) is 11.7 Å². The molecule has 0 aromatic heterocycles. The number of hydrogen-bond donors (Lipinski definition) is 1. The van der Waals surface area contributed by atoms with Crippen LogP contribution >= 0.6 is 23.2 Å². The monoisotopic (exact) mass is 302 g/mol. The summed E-state index contributed by atoms with van der Waals surface area (Å²) in [6, 6.07) is 4.80. The fourth-order valence-corrected chi connectivity index (χ4v) is 2.17. The number of halogens is 2. The van der Waals surface area contributed by atoms with Gasteiger partial charge in [-0.05, 0) is 30.5 Å². The molecule has 0 saturated carbocycles. The lowest BCUT2D eigenvalue weighted by molar-refractivity contribution is -0.134. The highest BCUT2D eigenvalue weighted by atomic mass is 35.5. The van der Waals surface area contributed by atoms with Gasteiger partial charge in [0.15, 0.2) is 0 Å². The highest BCUT2D eigenvalue weighted by Gasteiger charge is 2.23. The molecule has 0 aliphatic heterocycles. The second-order valence-electron chi connectivity index (χ2n) is 4.86. The maximum Gasteiger partial charge on any atom is 0.240 e. The topological polar surface area (TPSA) is 46.3 Å². The molecular weight excluding hydrogens is 283 g/mol. The minimum absolute atomic E-state index is 0.0523. The summed E-state index contributed by atoms with van der Waals surface area (Å²) in [4.78, 5) is 13.9. The summed E-state index contributed by atoms with van der Waals surface area (Å²) in [5.74, 6) is 0.0609. The molecule has 1 atom stereocenters. The van der Waals surface area contributed by atoms with Gasteiger partial charge in [0.25, 0.3) is 0 Å². The van der Waals surface area contributed by atoms with Gasteiger partial charge in [-0.1, -0.05) is 43.1 Å². The molecule has 1 aromatic carbocycles. The van der Waals surface area contributed by atoms with Crippen LogP contribution in [-0.4, -0.2) is 23.4 Å². The van der Waals surface area contributed by atoms with Crippen molar-refractivity contribution >= 4 is 29.1 Å². The lowest BCUT2D eigenvalue weighted by atomic mass is 10.0. The van der Waals surface area contributed by atoms with E-state index < -0.39 is 6.04 Å². The zero-order valence-electron chi connectivity index (χ0n) is 11.5. The van der Waals surface area contributed by atoms with E-state index in [1.54, 1.807) is 17.0 Å². The molecule has 2 N–H and O–H groups in total. The van der Waals surface area contributed by atoms with Crippen molar-refractivity contribution in [3.8, 4) is 0 Å². The van der Waals surface area contributed by atoms with Crippen molar-refractivity contribution in [2.45, 2.75) is 33.4 Å². The van der Waals surface area contributed by atoms with E-state index >= 15 is 0 Å². The first-order valence-corrected chi connectivity index (χ1v) is 7.10. The quantitative estimate of drug-likeness (QED) is 0.907. The maximum absolute atomic E-state index is 12.2. The van der Waals surface area contributed by atoms with E-state index in [-0.39, 0.29) is 11.8 Å². The van der Waals surface area contributed by atoms with E-state index in [1.807, 2.05) is 26.8 Å². The molecule has 0 spiro atoms. The molecule has 1 amide bonds. The lowest BCUT2D eigenvalue weighted by Crippen LogP contribution is -2.46. The average molecular weight is 303 g/mol. The summed E-state index contributed by atoms with van der Waals surface area (Å²) in [7, 11) is 0. The molecule has 0 saturated heterocycles. The molecule has 0 aliphatic rings. The highest BCUT2D eigenvalue weighted by Crippen LogP contribution is 2.22. The zero-order valence-corrected chi connectivity index (χ0v) is 13.0. The van der Waals surface area contributed by atoms with E-state index in [0.29, 0.717) is 23.1 Å². The number of likely N-dealkylation sites (N-methyl/N-ethyl adjacent to an activating group) is 1. The zero-order chi connectivity index (χ0) is 14.6. The van der Waals surface area contributed by atoms with Crippen molar-refractivity contribution in [3.63, 3.8) is 0 Å². The van der Waals surface area contributed by atoms with E-state index in [1.165, 1.54) is 0 Å². The van der Waals surface area contributed by atoms with Crippen LogP contribution in [0, 0.1) is 5.92 Å². The number of hydrogen-bond acceptors (Lipinski definition) is 2. The number of rotatable bonds is 5. The number of amides is 1. The second kappa shape index (κ2) is 7.13. The van der Waals surface area contributed by atoms with Crippen molar-refractivity contribution in [1.29, 1.82) is 0 Å². The lowest BCUT2D eigenvalue weighted by Gasteiger charge is -2.26. The summed E-state index contributed by atoms with van der Waals surface area (Å²) in [5.41, 5.74) is 6.78. The Balaban J connectivity index is 2.85. The number of nitrogens with two attached hydrogens (primary N) is 1. The summed E-state index contributed by atoms with van der Waals surface area (Å²) >= 11 is 12.0. The molecule has 1 aromatic rings. The van der Waals surface area contributed by atoms with Crippen LogP contribution in [-0.2, 0) is 11.3 Å². The molecule has 1 rings (SSSR count). The van der Waals surface area contributed by atoms with Gasteiger partial charge >= 0.3 is 0 Å². The Kier molecular flexibility index (Phi) is 6.11. The van der Waals surface area contributed by atoms with Gasteiger partial charge in [-0.2, -0.15) is 0 Å². The van der Waals surface area contributed by atoms with Gasteiger partial charge in [-0.15, -0.1) is 0 Å². The molecule has 5 heteroatoms. The van der Waals surface area contributed by atoms with Crippen LogP contribution < -0.4 is 5.73 Å². The molecule has 3 nitrogen and oxygen atoms in total. The first-order valence-electron chi connectivity index (χ1n) is 6.35. The molecule has 0 fully saturated rings. The maximum atomic E-state index is 12.2. The van der Waals surface area contributed by atoms with Gasteiger partial charge in [0.05, 0.1) is 6.04 Å². The Bertz CT molecular complexity index is 449. The fourth-order valence-electron chi connectivity index (χ4n) is 1.70. The Morgan fingerprint density at radius 3 is 2.47 bits per heavy atom. The Hall–Kier alpha value is -0.770. The molecular formula is C14H20Cl2N2O. The van der Waals surface area contributed by atoms with E-state index in [0.717, 1.165) is 5.56 Å². The van der Waals surface area contributed by atoms with Crippen molar-refractivity contribution < 1.29 is 4.79 Å². The van der Waals surface area contributed by atoms with E-state index in [4.69, 9.17) is 28.9 Å². The van der Waals surface area contributed by atoms with Crippen LogP contribution in [0.1, 0.15) is 26.3 Å². The minimum atomic E-state index is -0.481. The average Bonchev–Trinajstić information content (AvgIpc) is 2.36. The van der Waals surface area contributed by atoms with Gasteiger partial charge in [0.1, 0.15) is 0 Å². The number of nitrogens with zero attached hydrogens (tertiary/aromatic N) is 1. The van der Waals surface area contributed by atoms with Crippen LogP contribution in [0.2, 0.25) is 10.0 Å². The molecule has 0 unspecified atom stereocenters. The first-order chi connectivity index (χ1) is 8.86. The smallest absolute Gasteiger partial charge is 0.240 e. The second-order valence-corrected chi connectivity index (χ2v) is 5.70. The van der Waals surface area contributed by atoms with Crippen molar-refractivity contribution in [3.05, 3.63) is 33.8 Å². The Morgan fingerprint density at radius 1 is 1.37 bits per heavy atom. The number of benzene rings is 1. The summed E-state index contributed by atoms with van der Waals surface area (Å²) in [5, 5.41) is 1.15. The summed E-state index contributed by atoms with van der Waals surface area (Å²) in [6.45, 7) is 6.84. The summed E-state index contributed by atoms with van der Waals surface area (Å²) < 4.78 is 0. The molecule has 0 heterocycles. The van der Waals surface area contributed by atoms with Crippen LogP contribution in [0.4, 0.5) is 0 Å². The van der Waals surface area contributed by atoms with Gasteiger partial charge in [-0.25, -0.2) is 0 Å². The number of carbonyl (C=O) groups is 1. The van der Waals surface area contributed by atoms with Crippen molar-refractivity contribution in [1.82, 2.24) is 4.90 Å². The molecule has 0 bridgehead atoms. The standard InChI is InChI=1S/C14H20Cl2N2O/c1-4-18(14(19)13(17)9(2)3)8-10-5-6-11(15)7-12(10)16/h5-7,9,13H,4,8,17H2,1-3H3/t13-/m0/s1. The van der Waals surface area contributed by atoms with Crippen molar-refractivity contribution in [2.75, 3.05) is 6.54 Å². The third-order valence-corrected chi connectivity index (χ3v) is 3.66. The van der Waals surface area contributed by atoms with E-state index in [9.17, 15) is 4.79 Å². The summed E-state index contributed by atoms with van der Waals surface area (Å²) in [6.07, 6.45) is 0.